The number of amides is 8. The molecule has 11 rings (SSSR count). The number of imide groups is 4. The van der Waals surface area contributed by atoms with Crippen LogP contribution < -0.4 is 28.9 Å². The van der Waals surface area contributed by atoms with Crippen LogP contribution in [0.2, 0.25) is 0 Å². The van der Waals surface area contributed by atoms with Crippen molar-refractivity contribution in [1.29, 1.82) is 0 Å². The average molecular weight is 961 g/mol. The van der Waals surface area contributed by atoms with Crippen molar-refractivity contribution in [3.05, 3.63) is 103 Å². The Balaban J connectivity index is 0.710. The molecule has 71 heavy (non-hydrogen) atoms. The van der Waals surface area contributed by atoms with Crippen LogP contribution in [0.1, 0.15) is 56.9 Å². The lowest BCUT2D eigenvalue weighted by molar-refractivity contribution is -0.143. The predicted octanol–water partition coefficient (Wildman–Crippen LogP) is 5.94. The third kappa shape index (κ3) is 7.78. The molecule has 4 heterocycles. The van der Waals surface area contributed by atoms with Crippen molar-refractivity contribution < 1.29 is 62.2 Å². The number of rotatable bonds is 9. The van der Waals surface area contributed by atoms with E-state index in [0.29, 0.717) is 42.9 Å². The molecule has 0 N–H and O–H groups in total. The first-order valence-electron chi connectivity index (χ1n) is 24.1. The molecule has 0 radical (unpaired) electrons. The van der Waals surface area contributed by atoms with E-state index in [9.17, 15) is 47.9 Å². The van der Waals surface area contributed by atoms with Gasteiger partial charge in [0, 0.05) is 19.2 Å². The van der Waals surface area contributed by atoms with Gasteiger partial charge in [0.2, 0.25) is 47.3 Å². The molecule has 17 heteroatoms. The fourth-order valence-electron chi connectivity index (χ4n) is 12.1. The summed E-state index contributed by atoms with van der Waals surface area (Å²) in [4.78, 5) is 140. The zero-order valence-corrected chi connectivity index (χ0v) is 38.8. The topological polar surface area (TPSA) is 211 Å². The summed E-state index contributed by atoms with van der Waals surface area (Å²) in [6, 6.07) is 26.2. The second-order valence-electron chi connectivity index (χ2n) is 19.9. The van der Waals surface area contributed by atoms with Crippen LogP contribution in [0.5, 0.6) is 23.0 Å². The summed E-state index contributed by atoms with van der Waals surface area (Å²) >= 11 is 0. The van der Waals surface area contributed by atoms with Crippen molar-refractivity contribution in [3.8, 4) is 23.0 Å². The van der Waals surface area contributed by atoms with Crippen LogP contribution in [-0.2, 0) is 47.9 Å². The maximum Gasteiger partial charge on any atom is 0.314 e. The second-order valence-corrected chi connectivity index (χ2v) is 19.9. The second kappa shape index (κ2) is 17.5. The van der Waals surface area contributed by atoms with Crippen LogP contribution in [0.25, 0.3) is 0 Å². The number of benzene rings is 4. The minimum Gasteiger partial charge on any atom is -0.457 e. The number of anilines is 3. The number of carbonyl (C=O) groups excluding carboxylic acids is 10. The van der Waals surface area contributed by atoms with Gasteiger partial charge in [-0.25, -0.2) is 9.80 Å². The van der Waals surface area contributed by atoms with Gasteiger partial charge in [0.1, 0.15) is 23.0 Å². The van der Waals surface area contributed by atoms with Crippen LogP contribution in [0.15, 0.2) is 97.1 Å². The number of aryl methyl sites for hydroxylation is 1. The number of carbonyl (C=O) groups is 10. The lowest BCUT2D eigenvalue weighted by atomic mass is 9.70. The van der Waals surface area contributed by atoms with Crippen molar-refractivity contribution >= 4 is 76.3 Å². The Hall–Kier alpha value is -7.82. The van der Waals surface area contributed by atoms with E-state index in [1.807, 2.05) is 31.2 Å². The van der Waals surface area contributed by atoms with Gasteiger partial charge in [-0.2, -0.15) is 0 Å². The smallest absolute Gasteiger partial charge is 0.314 e. The van der Waals surface area contributed by atoms with Crippen molar-refractivity contribution in [1.82, 2.24) is 4.90 Å². The van der Waals surface area contributed by atoms with Gasteiger partial charge in [-0.1, -0.05) is 29.8 Å². The number of esters is 2. The minimum atomic E-state index is -0.887. The number of likely N-dealkylation sites (tertiary alicyclic amines) is 1. The third-order valence-electron chi connectivity index (χ3n) is 15.8. The van der Waals surface area contributed by atoms with Gasteiger partial charge in [-0.05, 0) is 119 Å². The van der Waals surface area contributed by atoms with Gasteiger partial charge in [-0.15, -0.1) is 0 Å². The SMILES string of the molecule is Cc1ccc(Oc2ccc(N3C(=O)C4CCC(C(=O)Oc5cccc(N6C(=O)C7CC8C(=O)N(c9cccc(OC(=O)C%10CCC%11C(=O)N(C)C(=O)C%11C%10)c9)C(=O)C8CC7C6=O)c5)CC4C3=O)cc2)cc1. The number of hydrogen-bond donors (Lipinski definition) is 0. The molecule has 4 aromatic carbocycles. The van der Waals surface area contributed by atoms with Crippen LogP contribution in [-0.4, -0.2) is 71.1 Å². The highest BCUT2D eigenvalue weighted by Gasteiger charge is 2.60. The lowest BCUT2D eigenvalue weighted by Gasteiger charge is -2.28. The fourth-order valence-corrected chi connectivity index (χ4v) is 12.1. The van der Waals surface area contributed by atoms with Gasteiger partial charge in [0.25, 0.3) is 0 Å². The molecule has 0 bridgehead atoms. The highest BCUT2D eigenvalue weighted by atomic mass is 16.5. The normalized spacial score (nSPS) is 29.0. The summed E-state index contributed by atoms with van der Waals surface area (Å²) in [6.07, 6.45) is 1.57. The lowest BCUT2D eigenvalue weighted by Crippen LogP contribution is -2.35. The van der Waals surface area contributed by atoms with E-state index in [4.69, 9.17) is 14.2 Å². The van der Waals surface area contributed by atoms with Crippen LogP contribution in [0, 0.1) is 66.1 Å². The van der Waals surface area contributed by atoms with E-state index in [-0.39, 0.29) is 72.2 Å². The maximum absolute atomic E-state index is 14.1. The van der Waals surface area contributed by atoms with Crippen molar-refractivity contribution in [2.75, 3.05) is 21.7 Å². The average Bonchev–Trinajstić information content (AvgIpc) is 3.96. The predicted molar refractivity (Wildman–Crippen MR) is 249 cm³/mol. The van der Waals surface area contributed by atoms with E-state index in [2.05, 4.69) is 0 Å². The summed E-state index contributed by atoms with van der Waals surface area (Å²) in [5, 5.41) is 0. The third-order valence-corrected chi connectivity index (χ3v) is 15.8. The molecule has 4 aliphatic heterocycles. The molecule has 10 unspecified atom stereocenters. The summed E-state index contributed by atoms with van der Waals surface area (Å²) in [5.41, 5.74) is 1.83. The van der Waals surface area contributed by atoms with Gasteiger partial charge >= 0.3 is 11.9 Å². The Morgan fingerprint density at radius 3 is 1.24 bits per heavy atom. The first kappa shape index (κ1) is 45.6. The van der Waals surface area contributed by atoms with Crippen molar-refractivity contribution in [2.45, 2.75) is 58.3 Å². The number of fused-ring (bicyclic) bond motifs is 4. The summed E-state index contributed by atoms with van der Waals surface area (Å²) < 4.78 is 17.4. The van der Waals surface area contributed by atoms with E-state index in [1.165, 1.54) is 54.4 Å². The zero-order chi connectivity index (χ0) is 49.6. The quantitative estimate of drug-likeness (QED) is 0.108. The molecular weight excluding hydrogens is 913 g/mol. The monoisotopic (exact) mass is 960 g/mol. The summed E-state index contributed by atoms with van der Waals surface area (Å²) in [7, 11) is 1.44. The first-order valence-corrected chi connectivity index (χ1v) is 24.1. The zero-order valence-electron chi connectivity index (χ0n) is 38.8. The largest absolute Gasteiger partial charge is 0.457 e. The van der Waals surface area contributed by atoms with Crippen molar-refractivity contribution in [3.63, 3.8) is 0 Å². The molecule has 3 aliphatic carbocycles. The molecule has 10 atom stereocenters. The summed E-state index contributed by atoms with van der Waals surface area (Å²) in [5.74, 6) is -10.4. The Kier molecular flexibility index (Phi) is 11.3. The van der Waals surface area contributed by atoms with Crippen LogP contribution in [0.4, 0.5) is 17.1 Å². The van der Waals surface area contributed by atoms with Gasteiger partial charge in [0.15, 0.2) is 0 Å². The molecule has 0 aromatic heterocycles. The Bertz CT molecular complexity index is 2950. The highest BCUT2D eigenvalue weighted by Crippen LogP contribution is 2.50. The fraction of sp³-hybridized carbons (Fsp3) is 0.370. The van der Waals surface area contributed by atoms with E-state index in [1.54, 1.807) is 30.3 Å². The molecule has 8 amide bonds. The number of nitrogens with zero attached hydrogens (tertiary/aromatic N) is 4. The molecule has 362 valence electrons. The van der Waals surface area contributed by atoms with Crippen LogP contribution in [0.3, 0.4) is 0 Å². The Labute approximate surface area is 407 Å². The van der Waals surface area contributed by atoms with E-state index < -0.39 is 94.7 Å². The molecule has 17 nitrogen and oxygen atoms in total. The molecule has 3 saturated carbocycles. The standard InChI is InChI=1S/C54H48N4O13/c1-27-9-15-33(16-10-27)69-34-17-13-30(14-18-34)56-47(61)38-20-12-29(22-40(38)48(56)62)54(68)71-36-8-4-6-32(24-36)58-51(65)43-25-41-42(26-44(43)52(58)66)50(64)57(49(41)63)31-5-3-7-35(23-31)70-53(67)28-11-19-37-39(21-28)46(60)55(2)45(37)59/h3-10,13-18,23-24,28-29,37-44H,11-12,19-22,25-26H2,1-2H3. The molecule has 4 saturated heterocycles. The van der Waals surface area contributed by atoms with Crippen molar-refractivity contribution in [2.24, 2.45) is 59.2 Å². The molecule has 0 spiro atoms. The van der Waals surface area contributed by atoms with Gasteiger partial charge in [-0.3, -0.25) is 57.7 Å². The molecule has 4 aromatic rings. The van der Waals surface area contributed by atoms with E-state index >= 15 is 0 Å². The number of ether oxygens (including phenoxy) is 3. The minimum absolute atomic E-state index is 0.0443. The highest BCUT2D eigenvalue weighted by molar-refractivity contribution is 6.26. The number of hydrogen-bond acceptors (Lipinski definition) is 13. The first-order chi connectivity index (χ1) is 34.1. The van der Waals surface area contributed by atoms with Crippen LogP contribution >= 0.6 is 0 Å². The Morgan fingerprint density at radius 2 is 0.775 bits per heavy atom. The van der Waals surface area contributed by atoms with Gasteiger partial charge in [0.05, 0.1) is 76.2 Å². The maximum atomic E-state index is 14.1. The Morgan fingerprint density at radius 1 is 0.408 bits per heavy atom. The van der Waals surface area contributed by atoms with Gasteiger partial charge < -0.3 is 14.2 Å². The molecule has 7 aliphatic rings. The summed E-state index contributed by atoms with van der Waals surface area (Å²) in [6.45, 7) is 1.98. The molecule has 7 fully saturated rings. The molecular formula is C54H48N4O13. The van der Waals surface area contributed by atoms with E-state index in [0.717, 1.165) is 20.3 Å².